The largest absolute Gasteiger partial charge is 0.373 e. The average molecular weight is 282 g/mol. The van der Waals surface area contributed by atoms with Gasteiger partial charge in [0.2, 0.25) is 11.8 Å². The van der Waals surface area contributed by atoms with E-state index in [1.54, 1.807) is 0 Å². The number of rotatable bonds is 4. The molecule has 2 aliphatic rings. The molecule has 20 heavy (non-hydrogen) atoms. The van der Waals surface area contributed by atoms with Gasteiger partial charge in [0.05, 0.1) is 12.2 Å². The Bertz CT molecular complexity index is 370. The van der Waals surface area contributed by atoms with Crippen LogP contribution >= 0.6 is 0 Å². The van der Waals surface area contributed by atoms with Crippen LogP contribution in [-0.4, -0.2) is 48.1 Å². The van der Waals surface area contributed by atoms with E-state index in [1.807, 2.05) is 4.90 Å². The number of carbonyl (C=O) groups is 2. The van der Waals surface area contributed by atoms with Gasteiger partial charge in [0.1, 0.15) is 6.04 Å². The van der Waals surface area contributed by atoms with E-state index in [1.165, 1.54) is 0 Å². The molecule has 2 saturated heterocycles. The van der Waals surface area contributed by atoms with Crippen LogP contribution in [0.2, 0.25) is 0 Å². The third-order valence-corrected chi connectivity index (χ3v) is 4.00. The molecule has 2 amide bonds. The van der Waals surface area contributed by atoms with Crippen LogP contribution in [0.4, 0.5) is 0 Å². The zero-order valence-corrected chi connectivity index (χ0v) is 12.7. The van der Waals surface area contributed by atoms with Gasteiger partial charge in [-0.1, -0.05) is 13.8 Å². The van der Waals surface area contributed by atoms with E-state index in [0.29, 0.717) is 31.8 Å². The van der Waals surface area contributed by atoms with E-state index < -0.39 is 0 Å². The van der Waals surface area contributed by atoms with Crippen molar-refractivity contribution in [2.24, 2.45) is 5.92 Å². The number of hydrogen-bond acceptors (Lipinski definition) is 3. The van der Waals surface area contributed by atoms with Crippen LogP contribution in [-0.2, 0) is 14.3 Å². The Morgan fingerprint density at radius 2 is 2.10 bits per heavy atom. The van der Waals surface area contributed by atoms with Crippen molar-refractivity contribution in [3.8, 4) is 0 Å². The minimum Gasteiger partial charge on any atom is -0.373 e. The normalized spacial score (nSPS) is 31.6. The summed E-state index contributed by atoms with van der Waals surface area (Å²) in [5.74, 6) is 0.409. The maximum Gasteiger partial charge on any atom is 0.245 e. The van der Waals surface area contributed by atoms with Crippen LogP contribution in [0.25, 0.3) is 0 Å². The van der Waals surface area contributed by atoms with Crippen LogP contribution in [0.3, 0.4) is 0 Å². The molecule has 0 aliphatic carbocycles. The van der Waals surface area contributed by atoms with E-state index in [2.05, 4.69) is 26.1 Å². The first-order valence-corrected chi connectivity index (χ1v) is 7.69. The molecule has 5 nitrogen and oxygen atoms in total. The standard InChI is InChI=1S/C15H26N2O3/c1-10(2)8-13-15(19)17(7-6-14(18)16-13)9-12-5-4-11(3)20-12/h10-13H,4-9H2,1-3H3,(H,16,18). The molecule has 5 heteroatoms. The number of carbonyl (C=O) groups excluding carboxylic acids is 2. The molecule has 3 unspecified atom stereocenters. The van der Waals surface area contributed by atoms with E-state index in [-0.39, 0.29) is 30.1 Å². The predicted octanol–water partition coefficient (Wildman–Crippen LogP) is 1.32. The molecule has 3 atom stereocenters. The van der Waals surface area contributed by atoms with Crippen molar-refractivity contribution < 1.29 is 14.3 Å². The third kappa shape index (κ3) is 3.95. The minimum atomic E-state index is -0.371. The van der Waals surface area contributed by atoms with Crippen molar-refractivity contribution in [2.45, 2.75) is 64.7 Å². The number of amides is 2. The summed E-state index contributed by atoms with van der Waals surface area (Å²) >= 11 is 0. The van der Waals surface area contributed by atoms with Crippen molar-refractivity contribution in [1.29, 1.82) is 0 Å². The summed E-state index contributed by atoms with van der Waals surface area (Å²) in [6.45, 7) is 7.32. The fourth-order valence-electron chi connectivity index (χ4n) is 2.97. The second-order valence-corrected chi connectivity index (χ2v) is 6.43. The van der Waals surface area contributed by atoms with Crippen molar-refractivity contribution in [2.75, 3.05) is 13.1 Å². The Balaban J connectivity index is 1.99. The summed E-state index contributed by atoms with van der Waals surface area (Å²) in [6, 6.07) is -0.371. The van der Waals surface area contributed by atoms with Gasteiger partial charge in [-0.3, -0.25) is 9.59 Å². The maximum atomic E-state index is 12.6. The lowest BCUT2D eigenvalue weighted by Crippen LogP contribution is -2.47. The van der Waals surface area contributed by atoms with E-state index >= 15 is 0 Å². The Kier molecular flexibility index (Phi) is 5.02. The molecule has 0 aromatic carbocycles. The minimum absolute atomic E-state index is 0.0211. The van der Waals surface area contributed by atoms with Crippen molar-refractivity contribution in [1.82, 2.24) is 10.2 Å². The fraction of sp³-hybridized carbons (Fsp3) is 0.867. The number of hydrogen-bond donors (Lipinski definition) is 1. The van der Waals surface area contributed by atoms with E-state index in [9.17, 15) is 9.59 Å². The van der Waals surface area contributed by atoms with Crippen LogP contribution in [0.5, 0.6) is 0 Å². The summed E-state index contributed by atoms with van der Waals surface area (Å²) in [4.78, 5) is 26.1. The van der Waals surface area contributed by atoms with Gasteiger partial charge >= 0.3 is 0 Å². The lowest BCUT2D eigenvalue weighted by Gasteiger charge is -2.27. The molecular formula is C15H26N2O3. The van der Waals surface area contributed by atoms with Crippen molar-refractivity contribution in [3.05, 3.63) is 0 Å². The highest BCUT2D eigenvalue weighted by Crippen LogP contribution is 2.21. The molecular weight excluding hydrogens is 256 g/mol. The Hall–Kier alpha value is -1.10. The number of nitrogens with one attached hydrogen (secondary N) is 1. The third-order valence-electron chi connectivity index (χ3n) is 4.00. The van der Waals surface area contributed by atoms with E-state index in [4.69, 9.17) is 4.74 Å². The molecule has 2 aliphatic heterocycles. The van der Waals surface area contributed by atoms with Gasteiger partial charge in [0.15, 0.2) is 0 Å². The molecule has 0 saturated carbocycles. The van der Waals surface area contributed by atoms with Gasteiger partial charge in [0, 0.05) is 19.5 Å². The zero-order chi connectivity index (χ0) is 14.7. The average Bonchev–Trinajstić information content (AvgIpc) is 2.72. The van der Waals surface area contributed by atoms with Gasteiger partial charge in [-0.15, -0.1) is 0 Å². The Morgan fingerprint density at radius 1 is 1.35 bits per heavy atom. The molecule has 0 aromatic heterocycles. The first kappa shape index (κ1) is 15.3. The molecule has 2 fully saturated rings. The van der Waals surface area contributed by atoms with Crippen LogP contribution in [0.15, 0.2) is 0 Å². The summed E-state index contributed by atoms with van der Waals surface area (Å²) in [5, 5.41) is 2.85. The van der Waals surface area contributed by atoms with Gasteiger partial charge in [0.25, 0.3) is 0 Å². The highest BCUT2D eigenvalue weighted by Gasteiger charge is 2.33. The smallest absolute Gasteiger partial charge is 0.245 e. The molecule has 1 N–H and O–H groups in total. The number of nitrogens with zero attached hydrogens (tertiary/aromatic N) is 1. The molecule has 2 heterocycles. The van der Waals surface area contributed by atoms with Crippen molar-refractivity contribution in [3.63, 3.8) is 0 Å². The fourth-order valence-corrected chi connectivity index (χ4v) is 2.97. The van der Waals surface area contributed by atoms with Gasteiger partial charge < -0.3 is 15.0 Å². The number of ether oxygens (including phenoxy) is 1. The SMILES string of the molecule is CC(C)CC1NC(=O)CCN(CC2CCC(C)O2)C1=O. The van der Waals surface area contributed by atoms with Gasteiger partial charge in [-0.2, -0.15) is 0 Å². The van der Waals surface area contributed by atoms with Crippen LogP contribution in [0, 0.1) is 5.92 Å². The topological polar surface area (TPSA) is 58.6 Å². The Morgan fingerprint density at radius 3 is 2.70 bits per heavy atom. The van der Waals surface area contributed by atoms with Gasteiger partial charge in [-0.25, -0.2) is 0 Å². The quantitative estimate of drug-likeness (QED) is 0.846. The maximum absolute atomic E-state index is 12.6. The summed E-state index contributed by atoms with van der Waals surface area (Å²) in [7, 11) is 0. The van der Waals surface area contributed by atoms with Crippen LogP contribution < -0.4 is 5.32 Å². The lowest BCUT2D eigenvalue weighted by molar-refractivity contribution is -0.135. The first-order valence-electron chi connectivity index (χ1n) is 7.69. The Labute approximate surface area is 121 Å². The van der Waals surface area contributed by atoms with E-state index in [0.717, 1.165) is 12.8 Å². The summed E-state index contributed by atoms with van der Waals surface area (Å²) < 4.78 is 5.80. The van der Waals surface area contributed by atoms with Crippen LogP contribution in [0.1, 0.15) is 46.5 Å². The second-order valence-electron chi connectivity index (χ2n) is 6.43. The highest BCUT2D eigenvalue weighted by molar-refractivity contribution is 5.89. The molecule has 0 aromatic rings. The summed E-state index contributed by atoms with van der Waals surface area (Å²) in [5.41, 5.74) is 0. The molecule has 0 radical (unpaired) electrons. The monoisotopic (exact) mass is 282 g/mol. The molecule has 114 valence electrons. The lowest BCUT2D eigenvalue weighted by atomic mass is 10.0. The first-order chi connectivity index (χ1) is 9.45. The molecule has 0 spiro atoms. The summed E-state index contributed by atoms with van der Waals surface area (Å²) in [6.07, 6.45) is 3.56. The second kappa shape index (κ2) is 6.57. The highest BCUT2D eigenvalue weighted by atomic mass is 16.5. The predicted molar refractivity (Wildman–Crippen MR) is 76.2 cm³/mol. The van der Waals surface area contributed by atoms with Crippen molar-refractivity contribution >= 4 is 11.8 Å². The molecule has 2 rings (SSSR count). The molecule has 0 bridgehead atoms. The van der Waals surface area contributed by atoms with Gasteiger partial charge in [-0.05, 0) is 32.1 Å². The zero-order valence-electron chi connectivity index (χ0n) is 12.7.